The summed E-state index contributed by atoms with van der Waals surface area (Å²) in [6.07, 6.45) is -1.18. The fourth-order valence-electron chi connectivity index (χ4n) is 4.18. The fraction of sp³-hybridized carbons (Fsp3) is 0.333. The van der Waals surface area contributed by atoms with Crippen LogP contribution in [0.2, 0.25) is 0 Å². The number of amides is 1. The maximum atomic E-state index is 13.4. The standard InChI is InChI=1S/C27H27F3N4O3/c1-17-3-8-23(22(11-17)27(28,29)30)34-21-6-4-19(5-7-21)13-33-25(36)26(9-10-37-16-26)12-24(35)20-14-31-18(2)32-15-20/h3-8,11,14-15,34H,9-10,12-13,16H2,1-2H3,(H,33,36)/t26-/m0/s1. The van der Waals surface area contributed by atoms with Crippen LogP contribution in [-0.2, 0) is 22.3 Å². The average molecular weight is 513 g/mol. The van der Waals surface area contributed by atoms with Crippen molar-refractivity contribution in [2.24, 2.45) is 5.41 Å². The quantitative estimate of drug-likeness (QED) is 0.406. The van der Waals surface area contributed by atoms with E-state index in [0.29, 0.717) is 35.7 Å². The number of Topliss-reactive ketones (excluding diaryl/α,β-unsaturated/α-hetero) is 1. The van der Waals surface area contributed by atoms with Gasteiger partial charge in [-0.3, -0.25) is 9.59 Å². The highest BCUT2D eigenvalue weighted by Crippen LogP contribution is 2.37. The monoisotopic (exact) mass is 512 g/mol. The van der Waals surface area contributed by atoms with Gasteiger partial charge < -0.3 is 15.4 Å². The number of rotatable bonds is 8. The molecule has 1 fully saturated rings. The molecule has 0 unspecified atom stereocenters. The molecule has 4 rings (SSSR count). The van der Waals surface area contributed by atoms with Crippen LogP contribution in [0.4, 0.5) is 24.5 Å². The van der Waals surface area contributed by atoms with Crippen LogP contribution < -0.4 is 10.6 Å². The van der Waals surface area contributed by atoms with Crippen molar-refractivity contribution in [1.82, 2.24) is 15.3 Å². The molecule has 1 aliphatic rings. The SMILES string of the molecule is Cc1ccc(Nc2ccc(CNC(=O)[C@]3(CC(=O)c4cnc(C)nc4)CCOC3)cc2)c(C(F)(F)F)c1. The lowest BCUT2D eigenvalue weighted by molar-refractivity contribution is -0.137. The lowest BCUT2D eigenvalue weighted by atomic mass is 9.80. The first-order chi connectivity index (χ1) is 17.6. The number of ketones is 1. The maximum Gasteiger partial charge on any atom is 0.418 e. The lowest BCUT2D eigenvalue weighted by Gasteiger charge is -2.25. The van der Waals surface area contributed by atoms with Gasteiger partial charge in [-0.2, -0.15) is 13.2 Å². The topological polar surface area (TPSA) is 93.2 Å². The van der Waals surface area contributed by atoms with Crippen LogP contribution in [0, 0.1) is 19.3 Å². The maximum absolute atomic E-state index is 13.4. The van der Waals surface area contributed by atoms with Crippen molar-refractivity contribution >= 4 is 23.1 Å². The number of aromatic nitrogens is 2. The molecule has 7 nitrogen and oxygen atoms in total. The molecular formula is C27H27F3N4O3. The predicted molar refractivity (Wildman–Crippen MR) is 131 cm³/mol. The van der Waals surface area contributed by atoms with E-state index in [0.717, 1.165) is 11.6 Å². The van der Waals surface area contributed by atoms with Crippen molar-refractivity contribution < 1.29 is 27.5 Å². The van der Waals surface area contributed by atoms with Crippen molar-refractivity contribution in [3.8, 4) is 0 Å². The highest BCUT2D eigenvalue weighted by atomic mass is 19.4. The number of anilines is 2. The van der Waals surface area contributed by atoms with E-state index in [9.17, 15) is 22.8 Å². The van der Waals surface area contributed by atoms with E-state index < -0.39 is 17.2 Å². The molecule has 3 aromatic rings. The Hall–Kier alpha value is -3.79. The summed E-state index contributed by atoms with van der Waals surface area (Å²) in [4.78, 5) is 34.0. The van der Waals surface area contributed by atoms with Gasteiger partial charge >= 0.3 is 6.18 Å². The van der Waals surface area contributed by atoms with E-state index in [4.69, 9.17) is 4.74 Å². The molecule has 1 saturated heterocycles. The second kappa shape index (κ2) is 10.7. The Morgan fingerprint density at radius 2 is 1.76 bits per heavy atom. The van der Waals surface area contributed by atoms with Gasteiger partial charge in [-0.15, -0.1) is 0 Å². The summed E-state index contributed by atoms with van der Waals surface area (Å²) in [5, 5.41) is 5.70. The van der Waals surface area contributed by atoms with Gasteiger partial charge in [-0.1, -0.05) is 23.8 Å². The number of hydrogen-bond acceptors (Lipinski definition) is 6. The zero-order valence-corrected chi connectivity index (χ0v) is 20.5. The van der Waals surface area contributed by atoms with Crippen molar-refractivity contribution in [3.05, 3.63) is 82.9 Å². The fourth-order valence-corrected chi connectivity index (χ4v) is 4.18. The van der Waals surface area contributed by atoms with E-state index >= 15 is 0 Å². The molecule has 1 aromatic heterocycles. The van der Waals surface area contributed by atoms with Gasteiger partial charge in [0.1, 0.15) is 5.82 Å². The second-order valence-electron chi connectivity index (χ2n) is 9.25. The van der Waals surface area contributed by atoms with E-state index in [2.05, 4.69) is 20.6 Å². The van der Waals surface area contributed by atoms with E-state index in [-0.39, 0.29) is 37.0 Å². The molecule has 0 saturated carbocycles. The number of alkyl halides is 3. The van der Waals surface area contributed by atoms with Crippen molar-refractivity contribution in [3.63, 3.8) is 0 Å². The molecule has 1 amide bonds. The Balaban J connectivity index is 1.39. The van der Waals surface area contributed by atoms with Crippen LogP contribution in [0.3, 0.4) is 0 Å². The first kappa shape index (κ1) is 26.3. The second-order valence-corrected chi connectivity index (χ2v) is 9.25. The Kier molecular flexibility index (Phi) is 7.58. The highest BCUT2D eigenvalue weighted by Gasteiger charge is 2.44. The zero-order chi connectivity index (χ0) is 26.6. The number of ether oxygens (including phenoxy) is 1. The smallest absolute Gasteiger partial charge is 0.380 e. The third-order valence-corrected chi connectivity index (χ3v) is 6.35. The van der Waals surface area contributed by atoms with Crippen molar-refractivity contribution in [2.75, 3.05) is 18.5 Å². The van der Waals surface area contributed by atoms with Crippen molar-refractivity contribution in [1.29, 1.82) is 0 Å². The molecule has 37 heavy (non-hydrogen) atoms. The molecule has 0 radical (unpaired) electrons. The van der Waals surface area contributed by atoms with E-state index in [1.807, 2.05) is 0 Å². The van der Waals surface area contributed by atoms with Crippen LogP contribution in [0.25, 0.3) is 0 Å². The van der Waals surface area contributed by atoms with E-state index in [1.54, 1.807) is 44.2 Å². The molecule has 10 heteroatoms. The number of halogens is 3. The van der Waals surface area contributed by atoms with Gasteiger partial charge in [0, 0.05) is 37.7 Å². The number of nitrogens with zero attached hydrogens (tertiary/aromatic N) is 2. The van der Waals surface area contributed by atoms with Crippen LogP contribution in [0.5, 0.6) is 0 Å². The molecule has 2 heterocycles. The number of aryl methyl sites for hydroxylation is 2. The summed E-state index contributed by atoms with van der Waals surface area (Å²) in [6, 6.07) is 10.9. The van der Waals surface area contributed by atoms with Crippen LogP contribution >= 0.6 is 0 Å². The molecule has 0 aliphatic carbocycles. The molecular weight excluding hydrogens is 485 g/mol. The van der Waals surface area contributed by atoms with Gasteiger partial charge in [0.25, 0.3) is 0 Å². The summed E-state index contributed by atoms with van der Waals surface area (Å²) < 4.78 is 45.7. The summed E-state index contributed by atoms with van der Waals surface area (Å²) in [6.45, 7) is 4.04. The Labute approximate surface area is 212 Å². The van der Waals surface area contributed by atoms with Crippen LogP contribution in [0.1, 0.15) is 45.7 Å². The third-order valence-electron chi connectivity index (χ3n) is 6.35. The first-order valence-corrected chi connectivity index (χ1v) is 11.8. The van der Waals surface area contributed by atoms with Crippen LogP contribution in [-0.4, -0.2) is 34.9 Å². The summed E-state index contributed by atoms with van der Waals surface area (Å²) in [5.74, 6) is 0.0301. The van der Waals surface area contributed by atoms with Gasteiger partial charge in [0.2, 0.25) is 5.91 Å². The number of hydrogen-bond donors (Lipinski definition) is 2. The van der Waals surface area contributed by atoms with Gasteiger partial charge in [-0.25, -0.2) is 9.97 Å². The summed E-state index contributed by atoms with van der Waals surface area (Å²) >= 11 is 0. The van der Waals surface area contributed by atoms with Crippen LogP contribution in [0.15, 0.2) is 54.9 Å². The molecule has 194 valence electrons. The first-order valence-electron chi connectivity index (χ1n) is 11.8. The van der Waals surface area contributed by atoms with Gasteiger partial charge in [0.15, 0.2) is 5.78 Å². The Morgan fingerprint density at radius 3 is 2.38 bits per heavy atom. The molecule has 1 atom stereocenters. The normalized spacial score (nSPS) is 17.4. The minimum absolute atomic E-state index is 0.0216. The minimum atomic E-state index is -4.48. The summed E-state index contributed by atoms with van der Waals surface area (Å²) in [7, 11) is 0. The van der Waals surface area contributed by atoms with Gasteiger partial charge in [-0.05, 0) is 50.1 Å². The number of carbonyl (C=O) groups is 2. The van der Waals surface area contributed by atoms with Crippen molar-refractivity contribution in [2.45, 2.75) is 39.4 Å². The lowest BCUT2D eigenvalue weighted by Crippen LogP contribution is -2.42. The predicted octanol–water partition coefficient (Wildman–Crippen LogP) is 5.15. The zero-order valence-electron chi connectivity index (χ0n) is 20.5. The molecule has 2 aromatic carbocycles. The largest absolute Gasteiger partial charge is 0.418 e. The molecule has 1 aliphatic heterocycles. The number of carbonyl (C=O) groups excluding carboxylic acids is 2. The third kappa shape index (κ3) is 6.32. The molecule has 2 N–H and O–H groups in total. The minimum Gasteiger partial charge on any atom is -0.380 e. The van der Waals surface area contributed by atoms with E-state index in [1.165, 1.54) is 18.5 Å². The number of nitrogens with one attached hydrogen (secondary N) is 2. The Morgan fingerprint density at radius 1 is 1.05 bits per heavy atom. The summed E-state index contributed by atoms with van der Waals surface area (Å²) in [5.41, 5.74) is 0.342. The highest BCUT2D eigenvalue weighted by molar-refractivity contribution is 5.99. The molecule has 0 bridgehead atoms. The number of benzene rings is 2. The average Bonchev–Trinajstić information content (AvgIpc) is 3.34. The molecule has 0 spiro atoms. The van der Waals surface area contributed by atoms with Gasteiger partial charge in [0.05, 0.1) is 28.8 Å². The Bertz CT molecular complexity index is 1270.